The van der Waals surface area contributed by atoms with Crippen LogP contribution in [-0.2, 0) is 11.3 Å². The number of aryl methyl sites for hydroxylation is 2. The van der Waals surface area contributed by atoms with Crippen LogP contribution in [-0.4, -0.2) is 35.0 Å². The van der Waals surface area contributed by atoms with Crippen molar-refractivity contribution < 1.29 is 13.9 Å². The Morgan fingerprint density at radius 1 is 1.50 bits per heavy atom. The molecule has 3 rings (SSSR count). The summed E-state index contributed by atoms with van der Waals surface area (Å²) in [6.45, 7) is 5.70. The second-order valence-corrected chi connectivity index (χ2v) is 6.58. The Balaban J connectivity index is 1.78. The lowest BCUT2D eigenvalue weighted by molar-refractivity contribution is 0.0483. The summed E-state index contributed by atoms with van der Waals surface area (Å²) in [6, 6.07) is 1.81. The van der Waals surface area contributed by atoms with E-state index in [1.54, 1.807) is 22.5 Å². The van der Waals surface area contributed by atoms with Crippen molar-refractivity contribution in [2.45, 2.75) is 39.3 Å². The SMILES string of the molecule is Cc1csc(CN(C[C@@H]2CCCO2)C(=O)c2occc2C)n1. The molecule has 0 unspecified atom stereocenters. The number of nitrogens with zero attached hydrogens (tertiary/aromatic N) is 2. The lowest BCUT2D eigenvalue weighted by atomic mass is 10.2. The Morgan fingerprint density at radius 2 is 2.36 bits per heavy atom. The number of carbonyl (C=O) groups excluding carboxylic acids is 1. The van der Waals surface area contributed by atoms with Gasteiger partial charge in [-0.25, -0.2) is 4.98 Å². The minimum atomic E-state index is -0.0918. The summed E-state index contributed by atoms with van der Waals surface area (Å²) in [4.78, 5) is 19.0. The van der Waals surface area contributed by atoms with Gasteiger partial charge in [0.2, 0.25) is 0 Å². The Morgan fingerprint density at radius 3 is 2.95 bits per heavy atom. The van der Waals surface area contributed by atoms with Crippen LogP contribution in [0.3, 0.4) is 0 Å². The van der Waals surface area contributed by atoms with Gasteiger partial charge in [0.15, 0.2) is 5.76 Å². The van der Waals surface area contributed by atoms with Gasteiger partial charge in [-0.3, -0.25) is 4.79 Å². The second-order valence-electron chi connectivity index (χ2n) is 5.64. The van der Waals surface area contributed by atoms with Crippen molar-refractivity contribution in [2.24, 2.45) is 0 Å². The van der Waals surface area contributed by atoms with Crippen molar-refractivity contribution in [1.82, 2.24) is 9.88 Å². The molecule has 0 radical (unpaired) electrons. The molecule has 0 aromatic carbocycles. The summed E-state index contributed by atoms with van der Waals surface area (Å²) in [5.74, 6) is 0.317. The van der Waals surface area contributed by atoms with Crippen LogP contribution < -0.4 is 0 Å². The third-order valence-electron chi connectivity index (χ3n) is 3.78. The Hall–Kier alpha value is -1.66. The standard InChI is InChI=1S/C16H20N2O3S/c1-11-5-7-21-15(11)16(19)18(8-13-4-3-6-20-13)9-14-17-12(2)10-22-14/h5,7,10,13H,3-4,6,8-9H2,1-2H3/t13-/m0/s1. The van der Waals surface area contributed by atoms with Crippen molar-refractivity contribution in [1.29, 1.82) is 0 Å². The average molecular weight is 320 g/mol. The lowest BCUT2D eigenvalue weighted by Gasteiger charge is -2.24. The van der Waals surface area contributed by atoms with Gasteiger partial charge in [-0.15, -0.1) is 11.3 Å². The predicted molar refractivity (Wildman–Crippen MR) is 84.0 cm³/mol. The van der Waals surface area contributed by atoms with Crippen LogP contribution >= 0.6 is 11.3 Å². The Labute approximate surface area is 133 Å². The highest BCUT2D eigenvalue weighted by Crippen LogP contribution is 2.20. The van der Waals surface area contributed by atoms with E-state index in [1.165, 1.54) is 0 Å². The number of hydrogen-bond acceptors (Lipinski definition) is 5. The van der Waals surface area contributed by atoms with E-state index in [0.717, 1.165) is 35.7 Å². The molecule has 6 heteroatoms. The molecule has 1 aliphatic heterocycles. The first-order valence-corrected chi connectivity index (χ1v) is 8.37. The molecule has 22 heavy (non-hydrogen) atoms. The van der Waals surface area contributed by atoms with Gasteiger partial charge in [0, 0.05) is 29.8 Å². The van der Waals surface area contributed by atoms with Gasteiger partial charge in [-0.05, 0) is 32.8 Å². The molecule has 1 aliphatic rings. The molecule has 0 aliphatic carbocycles. The minimum absolute atomic E-state index is 0.0918. The van der Waals surface area contributed by atoms with E-state index >= 15 is 0 Å². The smallest absolute Gasteiger partial charge is 0.290 e. The van der Waals surface area contributed by atoms with Crippen LogP contribution in [0, 0.1) is 13.8 Å². The third-order valence-corrected chi connectivity index (χ3v) is 4.74. The molecule has 1 saturated heterocycles. The summed E-state index contributed by atoms with van der Waals surface area (Å²) in [6.07, 6.45) is 3.72. The van der Waals surface area contributed by atoms with Gasteiger partial charge in [0.05, 0.1) is 18.9 Å². The zero-order valence-corrected chi connectivity index (χ0v) is 13.7. The highest BCUT2D eigenvalue weighted by Gasteiger charge is 2.26. The molecule has 0 saturated carbocycles. The van der Waals surface area contributed by atoms with Crippen LogP contribution in [0.1, 0.15) is 39.7 Å². The van der Waals surface area contributed by atoms with Crippen LogP contribution in [0.25, 0.3) is 0 Å². The van der Waals surface area contributed by atoms with Crippen LogP contribution in [0.4, 0.5) is 0 Å². The van der Waals surface area contributed by atoms with E-state index in [-0.39, 0.29) is 12.0 Å². The van der Waals surface area contributed by atoms with Crippen molar-refractivity contribution in [3.63, 3.8) is 0 Å². The summed E-state index contributed by atoms with van der Waals surface area (Å²) < 4.78 is 11.0. The second kappa shape index (κ2) is 6.62. The third kappa shape index (κ3) is 3.39. The van der Waals surface area contributed by atoms with Gasteiger partial charge in [0.1, 0.15) is 5.01 Å². The van der Waals surface area contributed by atoms with Gasteiger partial charge in [-0.1, -0.05) is 0 Å². The van der Waals surface area contributed by atoms with Gasteiger partial charge < -0.3 is 14.1 Å². The van der Waals surface area contributed by atoms with Crippen LogP contribution in [0.2, 0.25) is 0 Å². The van der Waals surface area contributed by atoms with Crippen LogP contribution in [0.5, 0.6) is 0 Å². The first kappa shape index (κ1) is 15.2. The highest BCUT2D eigenvalue weighted by atomic mass is 32.1. The average Bonchev–Trinajstić information content (AvgIpc) is 3.21. The summed E-state index contributed by atoms with van der Waals surface area (Å²) in [7, 11) is 0. The molecule has 1 atom stereocenters. The molecule has 1 fully saturated rings. The molecule has 118 valence electrons. The predicted octanol–water partition coefficient (Wildman–Crippen LogP) is 3.17. The number of thiazole rings is 1. The zero-order chi connectivity index (χ0) is 15.5. The topological polar surface area (TPSA) is 55.6 Å². The fraction of sp³-hybridized carbons (Fsp3) is 0.500. The molecule has 2 aromatic heterocycles. The van der Waals surface area contributed by atoms with Gasteiger partial charge in [-0.2, -0.15) is 0 Å². The minimum Gasteiger partial charge on any atom is -0.459 e. The monoisotopic (exact) mass is 320 g/mol. The van der Waals surface area contributed by atoms with Gasteiger partial charge >= 0.3 is 0 Å². The van der Waals surface area contributed by atoms with Gasteiger partial charge in [0.25, 0.3) is 5.91 Å². The molecule has 0 spiro atoms. The number of amides is 1. The number of furan rings is 1. The molecule has 5 nitrogen and oxygen atoms in total. The number of ether oxygens (including phenoxy) is 1. The fourth-order valence-electron chi connectivity index (χ4n) is 2.63. The number of aromatic nitrogens is 1. The summed E-state index contributed by atoms with van der Waals surface area (Å²) in [5.41, 5.74) is 1.84. The molecular formula is C16H20N2O3S. The Kier molecular flexibility index (Phi) is 4.59. The summed E-state index contributed by atoms with van der Waals surface area (Å²) in [5, 5.41) is 2.94. The number of carbonyl (C=O) groups is 1. The van der Waals surface area contributed by atoms with E-state index in [0.29, 0.717) is 18.8 Å². The van der Waals surface area contributed by atoms with Crippen LogP contribution in [0.15, 0.2) is 22.1 Å². The first-order chi connectivity index (χ1) is 10.6. The summed E-state index contributed by atoms with van der Waals surface area (Å²) >= 11 is 1.58. The maximum atomic E-state index is 12.8. The van der Waals surface area contributed by atoms with E-state index in [4.69, 9.17) is 9.15 Å². The molecule has 3 heterocycles. The van der Waals surface area contributed by atoms with E-state index in [9.17, 15) is 4.79 Å². The maximum absolute atomic E-state index is 12.8. The van der Waals surface area contributed by atoms with Crippen molar-refractivity contribution in [3.8, 4) is 0 Å². The normalized spacial score (nSPS) is 17.8. The van der Waals surface area contributed by atoms with Crippen molar-refractivity contribution in [2.75, 3.05) is 13.2 Å². The number of hydrogen-bond donors (Lipinski definition) is 0. The molecule has 2 aromatic rings. The zero-order valence-electron chi connectivity index (χ0n) is 12.9. The van der Waals surface area contributed by atoms with Crippen molar-refractivity contribution >= 4 is 17.2 Å². The molecule has 0 N–H and O–H groups in total. The first-order valence-electron chi connectivity index (χ1n) is 7.49. The quantitative estimate of drug-likeness (QED) is 0.849. The maximum Gasteiger partial charge on any atom is 0.290 e. The number of rotatable bonds is 5. The lowest BCUT2D eigenvalue weighted by Crippen LogP contribution is -2.37. The Bertz CT molecular complexity index is 643. The van der Waals surface area contributed by atoms with Crippen molar-refractivity contribution in [3.05, 3.63) is 39.7 Å². The van der Waals surface area contributed by atoms with E-state index in [1.807, 2.05) is 25.3 Å². The molecule has 1 amide bonds. The van der Waals surface area contributed by atoms with E-state index in [2.05, 4.69) is 4.98 Å². The fourth-order valence-corrected chi connectivity index (χ4v) is 3.41. The molecule has 0 bridgehead atoms. The largest absolute Gasteiger partial charge is 0.459 e. The van der Waals surface area contributed by atoms with E-state index < -0.39 is 0 Å². The highest BCUT2D eigenvalue weighted by molar-refractivity contribution is 7.09. The molecular weight excluding hydrogens is 300 g/mol.